The summed E-state index contributed by atoms with van der Waals surface area (Å²) in [5.41, 5.74) is 0. The standard InChI is InChI=1S/C46H78N2O34/c1-10-21(54)27(60)31(64)42(72-10)71-9-18-37(38(20(40(69)74-18)48-13(4)53)81-44-33(66)28(61)22(55)11(2)73-44)80-41-19(47-12(3)52)26(59)36(16(7-51)77-41)79-46-35(68)39(82-45-34(67)30(63)24(57)15(6-50)76-45)25(58)17(78-46)8-70-43-32(65)29(62)23(56)14(5-49)75-43/h10-11,14-46,49-51,54-69H,5-9H2,1-4H3,(H,47,52)(H,48,53)/t10-,11-,14+,15+,16+,17+,18+,19+,20+,21+,22+,23+,24+,25+,26+,27+,28+,29-,30-,31-,32-,33-,34-,35-,36+,37+,38+,39-,40+,41-,42+,43-,44-,45+,46+/m0/s1. The summed E-state index contributed by atoms with van der Waals surface area (Å²) in [5, 5.41) is 210. The fourth-order valence-corrected chi connectivity index (χ4v) is 10.5. The Morgan fingerprint density at radius 1 is 0.341 bits per heavy atom. The first kappa shape index (κ1) is 67.2. The predicted molar refractivity (Wildman–Crippen MR) is 252 cm³/mol. The van der Waals surface area contributed by atoms with Gasteiger partial charge in [-0.15, -0.1) is 0 Å². The summed E-state index contributed by atoms with van der Waals surface area (Å²) in [6, 6.07) is -3.64. The maximum atomic E-state index is 13.0. The molecule has 0 unspecified atom stereocenters. The summed E-state index contributed by atoms with van der Waals surface area (Å²) in [6.07, 6.45) is -62.0. The second-order valence-corrected chi connectivity index (χ2v) is 21.1. The van der Waals surface area contributed by atoms with Gasteiger partial charge in [0.25, 0.3) is 0 Å². The van der Waals surface area contributed by atoms with E-state index < -0.39 is 260 Å². The molecule has 0 aromatic rings. The second-order valence-electron chi connectivity index (χ2n) is 21.1. The van der Waals surface area contributed by atoms with Gasteiger partial charge in [-0.05, 0) is 13.8 Å². The van der Waals surface area contributed by atoms with Gasteiger partial charge in [-0.3, -0.25) is 9.59 Å². The van der Waals surface area contributed by atoms with Crippen LogP contribution in [-0.4, -0.2) is 357 Å². The number of nitrogens with one attached hydrogen (secondary N) is 2. The van der Waals surface area contributed by atoms with Crippen LogP contribution in [0.1, 0.15) is 27.7 Å². The number of ether oxygens (including phenoxy) is 13. The topological polar surface area (TPSA) is 563 Å². The van der Waals surface area contributed by atoms with E-state index in [-0.39, 0.29) is 0 Å². The molecule has 7 fully saturated rings. The van der Waals surface area contributed by atoms with E-state index in [4.69, 9.17) is 61.6 Å². The van der Waals surface area contributed by atoms with Gasteiger partial charge in [0.2, 0.25) is 11.8 Å². The van der Waals surface area contributed by atoms with Crippen LogP contribution in [0, 0.1) is 0 Å². The van der Waals surface area contributed by atoms with Crippen LogP contribution in [0.5, 0.6) is 0 Å². The molecule has 0 aliphatic carbocycles. The normalized spacial score (nSPS) is 51.3. The summed E-state index contributed by atoms with van der Waals surface area (Å²) < 4.78 is 75.9. The van der Waals surface area contributed by atoms with E-state index in [1.807, 2.05) is 0 Å². The number of hydrogen-bond donors (Lipinski definition) is 21. The van der Waals surface area contributed by atoms with E-state index in [0.29, 0.717) is 0 Å². The fraction of sp³-hybridized carbons (Fsp3) is 0.957. The zero-order chi connectivity index (χ0) is 60.5. The Hall–Kier alpha value is -2.34. The first-order valence-electron chi connectivity index (χ1n) is 26.3. The number of carbonyl (C=O) groups excluding carboxylic acids is 2. The zero-order valence-electron chi connectivity index (χ0n) is 44.4. The minimum absolute atomic E-state index is 0.826. The lowest BCUT2D eigenvalue weighted by Gasteiger charge is -2.51. The number of aliphatic hydroxyl groups is 19. The molecule has 0 aromatic carbocycles. The van der Waals surface area contributed by atoms with Crippen molar-refractivity contribution in [1.82, 2.24) is 10.6 Å². The van der Waals surface area contributed by atoms with E-state index in [9.17, 15) is 107 Å². The van der Waals surface area contributed by atoms with Crippen molar-refractivity contribution in [2.45, 2.75) is 243 Å². The van der Waals surface area contributed by atoms with Gasteiger partial charge in [-0.1, -0.05) is 0 Å². The number of amides is 2. The van der Waals surface area contributed by atoms with E-state index in [1.165, 1.54) is 13.8 Å². The Morgan fingerprint density at radius 2 is 0.720 bits per heavy atom. The summed E-state index contributed by atoms with van der Waals surface area (Å²) >= 11 is 0. The van der Waals surface area contributed by atoms with Gasteiger partial charge in [-0.25, -0.2) is 0 Å². The molecular formula is C46H78N2O34. The highest BCUT2D eigenvalue weighted by atomic mass is 16.8. The highest BCUT2D eigenvalue weighted by Crippen LogP contribution is 2.37. The Balaban J connectivity index is 1.21. The average Bonchev–Trinajstić information content (AvgIpc) is 2.90. The third-order valence-corrected chi connectivity index (χ3v) is 15.2. The van der Waals surface area contributed by atoms with Crippen molar-refractivity contribution in [2.24, 2.45) is 0 Å². The van der Waals surface area contributed by atoms with Gasteiger partial charge in [0.1, 0.15) is 159 Å². The molecule has 476 valence electrons. The monoisotopic (exact) mass is 1200 g/mol. The maximum Gasteiger partial charge on any atom is 0.217 e. The molecule has 7 aliphatic heterocycles. The summed E-state index contributed by atoms with van der Waals surface area (Å²) in [4.78, 5) is 25.7. The molecule has 0 saturated carbocycles. The lowest BCUT2D eigenvalue weighted by Crippen LogP contribution is -2.71. The van der Waals surface area contributed by atoms with Crippen molar-refractivity contribution in [3.8, 4) is 0 Å². The van der Waals surface area contributed by atoms with Crippen LogP contribution in [0.25, 0.3) is 0 Å². The van der Waals surface area contributed by atoms with Crippen molar-refractivity contribution >= 4 is 11.8 Å². The summed E-state index contributed by atoms with van der Waals surface area (Å²) in [7, 11) is 0. The van der Waals surface area contributed by atoms with Crippen LogP contribution >= 0.6 is 0 Å². The third-order valence-electron chi connectivity index (χ3n) is 15.2. The first-order chi connectivity index (χ1) is 38.6. The molecular weight excluding hydrogens is 1120 g/mol. The zero-order valence-corrected chi connectivity index (χ0v) is 44.4. The van der Waals surface area contributed by atoms with Crippen LogP contribution in [0.2, 0.25) is 0 Å². The van der Waals surface area contributed by atoms with Gasteiger partial charge in [0, 0.05) is 13.8 Å². The van der Waals surface area contributed by atoms with E-state index in [0.717, 1.165) is 13.8 Å². The molecule has 2 amide bonds. The number of rotatable bonds is 19. The van der Waals surface area contributed by atoms with Crippen LogP contribution in [0.15, 0.2) is 0 Å². The summed E-state index contributed by atoms with van der Waals surface area (Å²) in [5.74, 6) is -1.73. The van der Waals surface area contributed by atoms with Crippen molar-refractivity contribution in [2.75, 3.05) is 33.0 Å². The van der Waals surface area contributed by atoms with Crippen LogP contribution in [-0.2, 0) is 71.2 Å². The van der Waals surface area contributed by atoms with Gasteiger partial charge >= 0.3 is 0 Å². The SMILES string of the molecule is CC(=O)N[C@@H]1[C@@H](O[C@@H]2O[C@@H](C)[C@@H](O)[C@@H](O)[C@@H]2O)[C@H](O[C@@H]2O[C@H](CO)[C@@H](O[C@H]3O[C@H](CO[C@H]4O[C@H](CO)[C@@H](O)[C@H](O)[C@@H]4O)[C@@H](O)[C@H](O[C@H]4O[C@H](CO)[C@@H](O)[C@H](O)[C@@H]4O)[C@@H]3O)[C@H](O)[C@H]2NC(C)=O)[C@@H](CO[C@@H]2O[C@@H](C)[C@@H](O)[C@@H](O)[C@@H]2O)O[C@H]1O. The molecule has 7 rings (SSSR count). The Labute approximate surface area is 465 Å². The smallest absolute Gasteiger partial charge is 0.217 e. The average molecular weight is 1200 g/mol. The minimum atomic E-state index is -2.29. The molecule has 0 spiro atoms. The Morgan fingerprint density at radius 3 is 1.24 bits per heavy atom. The molecule has 36 nitrogen and oxygen atoms in total. The van der Waals surface area contributed by atoms with Gasteiger partial charge in [0.15, 0.2) is 44.0 Å². The molecule has 82 heavy (non-hydrogen) atoms. The van der Waals surface area contributed by atoms with Gasteiger partial charge in [0.05, 0.1) is 45.2 Å². The molecule has 0 bridgehead atoms. The van der Waals surface area contributed by atoms with E-state index in [2.05, 4.69) is 10.6 Å². The molecule has 36 heteroatoms. The molecule has 7 heterocycles. The van der Waals surface area contributed by atoms with Crippen molar-refractivity contribution in [3.63, 3.8) is 0 Å². The highest BCUT2D eigenvalue weighted by molar-refractivity contribution is 5.73. The number of hydrogen-bond acceptors (Lipinski definition) is 34. The second kappa shape index (κ2) is 28.7. The predicted octanol–water partition coefficient (Wildman–Crippen LogP) is -13.9. The summed E-state index contributed by atoms with van der Waals surface area (Å²) in [6.45, 7) is -0.0441. The molecule has 35 atom stereocenters. The van der Waals surface area contributed by atoms with Gasteiger partial charge < -0.3 is 169 Å². The lowest BCUT2D eigenvalue weighted by molar-refractivity contribution is -0.388. The molecule has 7 aliphatic rings. The van der Waals surface area contributed by atoms with Crippen LogP contribution in [0.4, 0.5) is 0 Å². The minimum Gasteiger partial charge on any atom is -0.394 e. The third kappa shape index (κ3) is 14.5. The maximum absolute atomic E-state index is 13.0. The number of carbonyl (C=O) groups is 2. The largest absolute Gasteiger partial charge is 0.394 e. The Kier molecular flexibility index (Phi) is 23.5. The lowest BCUT2D eigenvalue weighted by atomic mass is 9.93. The Bertz CT molecular complexity index is 2030. The van der Waals surface area contributed by atoms with Crippen molar-refractivity contribution < 1.29 is 168 Å². The molecule has 0 aromatic heterocycles. The highest BCUT2D eigenvalue weighted by Gasteiger charge is 2.58. The first-order valence-corrected chi connectivity index (χ1v) is 26.3. The van der Waals surface area contributed by atoms with Crippen LogP contribution in [0.3, 0.4) is 0 Å². The van der Waals surface area contributed by atoms with E-state index >= 15 is 0 Å². The number of aliphatic hydroxyl groups excluding tert-OH is 19. The molecule has 7 saturated heterocycles. The van der Waals surface area contributed by atoms with Gasteiger partial charge in [-0.2, -0.15) is 0 Å². The van der Waals surface area contributed by atoms with Crippen LogP contribution < -0.4 is 10.6 Å². The quantitative estimate of drug-likeness (QED) is 0.0571. The van der Waals surface area contributed by atoms with Crippen molar-refractivity contribution in [3.05, 3.63) is 0 Å². The van der Waals surface area contributed by atoms with Crippen molar-refractivity contribution in [1.29, 1.82) is 0 Å². The van der Waals surface area contributed by atoms with E-state index in [1.54, 1.807) is 0 Å². The fourth-order valence-electron chi connectivity index (χ4n) is 10.5. The molecule has 0 radical (unpaired) electrons. The molecule has 21 N–H and O–H groups in total.